The molecule has 2 aromatic heterocycles. The Morgan fingerprint density at radius 1 is 1.35 bits per heavy atom. The molecule has 0 atom stereocenters. The van der Waals surface area contributed by atoms with Crippen LogP contribution in [0.25, 0.3) is 11.0 Å². The van der Waals surface area contributed by atoms with Gasteiger partial charge in [-0.2, -0.15) is 5.10 Å². The molecule has 3 rings (SSSR count). The number of fused-ring (bicyclic) bond motifs is 1. The number of carbonyl (C=O) groups excluding carboxylic acids is 1. The number of amides is 1. The van der Waals surface area contributed by atoms with Gasteiger partial charge in [-0.3, -0.25) is 9.89 Å². The third-order valence-corrected chi connectivity index (χ3v) is 3.84. The van der Waals surface area contributed by atoms with Crippen LogP contribution in [-0.2, 0) is 5.54 Å². The molecule has 6 nitrogen and oxygen atoms in total. The van der Waals surface area contributed by atoms with Crippen molar-refractivity contribution in [3.8, 4) is 0 Å². The molecule has 0 radical (unpaired) electrons. The van der Waals surface area contributed by atoms with E-state index in [1.165, 1.54) is 0 Å². The van der Waals surface area contributed by atoms with E-state index in [9.17, 15) is 4.79 Å². The molecule has 0 bridgehead atoms. The average Bonchev–Trinajstić information content (AvgIpc) is 2.95. The lowest BCUT2D eigenvalue weighted by Gasteiger charge is -2.21. The van der Waals surface area contributed by atoms with Gasteiger partial charge < -0.3 is 11.1 Å². The molecule has 0 saturated carbocycles. The maximum atomic E-state index is 12.4. The minimum atomic E-state index is -0.569. The number of hydrogen-bond donors (Lipinski definition) is 3. The normalized spacial score (nSPS) is 11.7. The summed E-state index contributed by atoms with van der Waals surface area (Å²) < 4.78 is 0. The van der Waals surface area contributed by atoms with Gasteiger partial charge in [0.2, 0.25) is 0 Å². The lowest BCUT2D eigenvalue weighted by molar-refractivity contribution is 0.102. The summed E-state index contributed by atoms with van der Waals surface area (Å²) in [6.07, 6.45) is 3.22. The van der Waals surface area contributed by atoms with Gasteiger partial charge in [0.05, 0.1) is 17.3 Å². The SMILES string of the molecule is CC(C)(N)c1ccc(C(=O)Nc2ccnc3[nH]ncc23)cc1Cl. The molecule has 0 aliphatic heterocycles. The van der Waals surface area contributed by atoms with Gasteiger partial charge in [-0.25, -0.2) is 4.98 Å². The van der Waals surface area contributed by atoms with Gasteiger partial charge in [-0.15, -0.1) is 0 Å². The van der Waals surface area contributed by atoms with Crippen molar-refractivity contribution >= 4 is 34.2 Å². The topological polar surface area (TPSA) is 96.7 Å². The number of nitrogens with zero attached hydrogens (tertiary/aromatic N) is 2. The Morgan fingerprint density at radius 2 is 2.13 bits per heavy atom. The van der Waals surface area contributed by atoms with Crippen LogP contribution in [0.4, 0.5) is 5.69 Å². The van der Waals surface area contributed by atoms with Crippen LogP contribution >= 0.6 is 11.6 Å². The van der Waals surface area contributed by atoms with Gasteiger partial charge in [0.25, 0.3) is 5.91 Å². The minimum absolute atomic E-state index is 0.262. The summed E-state index contributed by atoms with van der Waals surface area (Å²) in [6, 6.07) is 6.82. The van der Waals surface area contributed by atoms with Crippen molar-refractivity contribution < 1.29 is 4.79 Å². The van der Waals surface area contributed by atoms with E-state index in [1.807, 2.05) is 13.8 Å². The number of H-pyrrole nitrogens is 1. The predicted molar refractivity (Wildman–Crippen MR) is 90.5 cm³/mol. The first-order valence-corrected chi connectivity index (χ1v) is 7.42. The van der Waals surface area contributed by atoms with Crippen LogP contribution in [0.5, 0.6) is 0 Å². The van der Waals surface area contributed by atoms with Crippen molar-refractivity contribution in [3.05, 3.63) is 52.8 Å². The third kappa shape index (κ3) is 3.04. The number of nitrogens with one attached hydrogen (secondary N) is 2. The van der Waals surface area contributed by atoms with E-state index < -0.39 is 5.54 Å². The zero-order chi connectivity index (χ0) is 16.6. The van der Waals surface area contributed by atoms with Crippen molar-refractivity contribution in [3.63, 3.8) is 0 Å². The van der Waals surface area contributed by atoms with E-state index in [4.69, 9.17) is 17.3 Å². The van der Waals surface area contributed by atoms with Crippen LogP contribution in [0.1, 0.15) is 29.8 Å². The fraction of sp³-hybridized carbons (Fsp3) is 0.188. The maximum Gasteiger partial charge on any atom is 0.255 e. The van der Waals surface area contributed by atoms with Crippen LogP contribution in [0.2, 0.25) is 5.02 Å². The van der Waals surface area contributed by atoms with Crippen molar-refractivity contribution in [2.45, 2.75) is 19.4 Å². The Labute approximate surface area is 138 Å². The maximum absolute atomic E-state index is 12.4. The van der Waals surface area contributed by atoms with E-state index in [1.54, 1.807) is 36.7 Å². The van der Waals surface area contributed by atoms with Gasteiger partial charge >= 0.3 is 0 Å². The molecule has 118 valence electrons. The molecule has 0 saturated heterocycles. The smallest absolute Gasteiger partial charge is 0.255 e. The quantitative estimate of drug-likeness (QED) is 0.688. The highest BCUT2D eigenvalue weighted by Gasteiger charge is 2.19. The molecule has 2 heterocycles. The average molecular weight is 330 g/mol. The molecule has 3 aromatic rings. The molecule has 1 amide bonds. The lowest BCUT2D eigenvalue weighted by Crippen LogP contribution is -2.29. The predicted octanol–water partition coefficient (Wildman–Crippen LogP) is 3.06. The number of rotatable bonds is 3. The van der Waals surface area contributed by atoms with Crippen LogP contribution in [0.15, 0.2) is 36.7 Å². The monoisotopic (exact) mass is 329 g/mol. The summed E-state index contributed by atoms with van der Waals surface area (Å²) in [6.45, 7) is 3.72. The van der Waals surface area contributed by atoms with Gasteiger partial charge in [0.1, 0.15) is 0 Å². The molecular formula is C16H16ClN5O. The van der Waals surface area contributed by atoms with E-state index in [-0.39, 0.29) is 5.91 Å². The minimum Gasteiger partial charge on any atom is -0.322 e. The summed E-state index contributed by atoms with van der Waals surface area (Å²) >= 11 is 6.25. The Balaban J connectivity index is 1.89. The fourth-order valence-electron chi connectivity index (χ4n) is 2.33. The van der Waals surface area contributed by atoms with E-state index in [2.05, 4.69) is 20.5 Å². The van der Waals surface area contributed by atoms with E-state index in [0.29, 0.717) is 21.9 Å². The summed E-state index contributed by atoms with van der Waals surface area (Å²) in [5.41, 5.74) is 7.97. The molecule has 0 fully saturated rings. The highest BCUT2D eigenvalue weighted by molar-refractivity contribution is 6.32. The number of nitrogens with two attached hydrogens (primary N) is 1. The number of aromatic nitrogens is 3. The van der Waals surface area contributed by atoms with E-state index in [0.717, 1.165) is 10.9 Å². The van der Waals surface area contributed by atoms with Crippen LogP contribution in [0, 0.1) is 0 Å². The van der Waals surface area contributed by atoms with Gasteiger partial charge in [-0.1, -0.05) is 17.7 Å². The Kier molecular flexibility index (Phi) is 3.79. The highest BCUT2D eigenvalue weighted by Crippen LogP contribution is 2.27. The molecule has 23 heavy (non-hydrogen) atoms. The zero-order valence-electron chi connectivity index (χ0n) is 12.7. The number of hydrogen-bond acceptors (Lipinski definition) is 4. The molecule has 0 aliphatic rings. The lowest BCUT2D eigenvalue weighted by atomic mass is 9.94. The van der Waals surface area contributed by atoms with E-state index >= 15 is 0 Å². The largest absolute Gasteiger partial charge is 0.322 e. The number of aromatic amines is 1. The third-order valence-electron chi connectivity index (χ3n) is 3.53. The second-order valence-electron chi connectivity index (χ2n) is 5.86. The first-order chi connectivity index (χ1) is 10.9. The molecule has 0 aliphatic carbocycles. The standard InChI is InChI=1S/C16H16ClN5O/c1-16(2,18)11-4-3-9(7-12(11)17)15(23)21-13-5-6-19-14-10(13)8-20-22-14/h3-8H,18H2,1-2H3,(H2,19,20,21,22,23). The fourth-order valence-corrected chi connectivity index (χ4v) is 2.76. The summed E-state index contributed by atoms with van der Waals surface area (Å²) in [5.74, 6) is -0.262. The number of benzene rings is 1. The van der Waals surface area contributed by atoms with Crippen molar-refractivity contribution in [1.82, 2.24) is 15.2 Å². The molecule has 4 N–H and O–H groups in total. The van der Waals surface area contributed by atoms with Crippen molar-refractivity contribution in [2.24, 2.45) is 5.73 Å². The van der Waals surface area contributed by atoms with Gasteiger partial charge in [0.15, 0.2) is 5.65 Å². The molecule has 0 spiro atoms. The molecule has 1 aromatic carbocycles. The second kappa shape index (κ2) is 5.64. The summed E-state index contributed by atoms with van der Waals surface area (Å²) in [7, 11) is 0. The highest BCUT2D eigenvalue weighted by atomic mass is 35.5. The molecular weight excluding hydrogens is 314 g/mol. The zero-order valence-corrected chi connectivity index (χ0v) is 13.5. The van der Waals surface area contributed by atoms with Crippen LogP contribution in [0.3, 0.4) is 0 Å². The van der Waals surface area contributed by atoms with Crippen LogP contribution < -0.4 is 11.1 Å². The summed E-state index contributed by atoms with van der Waals surface area (Å²) in [5, 5.41) is 10.7. The van der Waals surface area contributed by atoms with Gasteiger partial charge in [0, 0.05) is 22.3 Å². The van der Waals surface area contributed by atoms with Crippen molar-refractivity contribution in [1.29, 1.82) is 0 Å². The van der Waals surface area contributed by atoms with Crippen LogP contribution in [-0.4, -0.2) is 21.1 Å². The molecule has 7 heteroatoms. The first kappa shape index (κ1) is 15.5. The second-order valence-corrected chi connectivity index (χ2v) is 6.27. The number of halogens is 1. The molecule has 0 unspecified atom stereocenters. The number of pyridine rings is 1. The Hall–Kier alpha value is -2.44. The number of anilines is 1. The first-order valence-electron chi connectivity index (χ1n) is 7.04. The Morgan fingerprint density at radius 3 is 2.83 bits per heavy atom. The summed E-state index contributed by atoms with van der Waals surface area (Å²) in [4.78, 5) is 16.6. The number of carbonyl (C=O) groups is 1. The van der Waals surface area contributed by atoms with Gasteiger partial charge in [-0.05, 0) is 37.6 Å². The van der Waals surface area contributed by atoms with Crippen molar-refractivity contribution in [2.75, 3.05) is 5.32 Å². The Bertz CT molecular complexity index is 882.